The number of hydrazone groups is 1. The van der Waals surface area contributed by atoms with Gasteiger partial charge in [-0.15, -0.1) is 0 Å². The summed E-state index contributed by atoms with van der Waals surface area (Å²) in [5.41, 5.74) is 3.18. The normalized spacial score (nSPS) is 14.7. The van der Waals surface area contributed by atoms with Crippen LogP contribution in [0.25, 0.3) is 5.70 Å². The van der Waals surface area contributed by atoms with Crippen molar-refractivity contribution in [1.82, 2.24) is 5.01 Å². The van der Waals surface area contributed by atoms with Crippen molar-refractivity contribution < 1.29 is 4.79 Å². The maximum Gasteiger partial charge on any atom is 0.163 e. The van der Waals surface area contributed by atoms with E-state index in [0.29, 0.717) is 11.4 Å². The van der Waals surface area contributed by atoms with E-state index in [0.717, 1.165) is 29.0 Å². The molecule has 3 nitrogen and oxygen atoms in total. The highest BCUT2D eigenvalue weighted by Gasteiger charge is 2.25. The second-order valence-corrected chi connectivity index (χ2v) is 7.93. The lowest BCUT2D eigenvalue weighted by Crippen LogP contribution is -2.22. The van der Waals surface area contributed by atoms with Crippen molar-refractivity contribution in [2.75, 3.05) is 0 Å². The van der Waals surface area contributed by atoms with Crippen molar-refractivity contribution in [3.8, 4) is 0 Å². The van der Waals surface area contributed by atoms with Crippen LogP contribution in [0.3, 0.4) is 0 Å². The zero-order chi connectivity index (χ0) is 22.5. The quantitative estimate of drug-likeness (QED) is 0.294. The Morgan fingerprint density at radius 1 is 1.10 bits per heavy atom. The van der Waals surface area contributed by atoms with E-state index in [1.165, 1.54) is 25.7 Å². The zero-order valence-corrected chi connectivity index (χ0v) is 20.0. The van der Waals surface area contributed by atoms with E-state index in [4.69, 9.17) is 11.6 Å². The molecule has 0 spiro atoms. The molecule has 0 radical (unpaired) electrons. The fraction of sp³-hybridized carbons (Fsp3) is 0.462. The molecule has 0 bridgehead atoms. The number of rotatable bonds is 9. The van der Waals surface area contributed by atoms with Crippen LogP contribution in [0.5, 0.6) is 0 Å². The molecule has 30 heavy (non-hydrogen) atoms. The molecule has 0 aromatic heterocycles. The first kappa shape index (κ1) is 25.9. The number of carbonyl (C=O) groups excluding carboxylic acids is 1. The molecule has 0 aliphatic carbocycles. The summed E-state index contributed by atoms with van der Waals surface area (Å²) in [7, 11) is 0. The Morgan fingerprint density at radius 2 is 1.70 bits per heavy atom. The van der Waals surface area contributed by atoms with Crippen molar-refractivity contribution in [1.29, 1.82) is 0 Å². The number of Topliss-reactive ketones (excluding diaryl/α,β-unsaturated/α-hetero) is 1. The molecule has 1 aliphatic heterocycles. The molecule has 0 saturated heterocycles. The van der Waals surface area contributed by atoms with Gasteiger partial charge in [0.1, 0.15) is 0 Å². The Morgan fingerprint density at radius 3 is 2.17 bits per heavy atom. The lowest BCUT2D eigenvalue weighted by atomic mass is 9.91. The first-order chi connectivity index (χ1) is 14.4. The summed E-state index contributed by atoms with van der Waals surface area (Å²) in [6, 6.07) is 7.48. The fourth-order valence-electron chi connectivity index (χ4n) is 3.08. The Kier molecular flexibility index (Phi) is 12.1. The predicted molar refractivity (Wildman–Crippen MR) is 132 cm³/mol. The van der Waals surface area contributed by atoms with Gasteiger partial charge >= 0.3 is 0 Å². The van der Waals surface area contributed by atoms with Crippen LogP contribution in [-0.4, -0.2) is 17.0 Å². The van der Waals surface area contributed by atoms with Crippen LogP contribution in [-0.2, 0) is 4.79 Å². The smallest absolute Gasteiger partial charge is 0.163 e. The standard InChI is InChI=1S/C20H23ClN2O.C6H14/c1-5-14(3)20(24)18(6-2)19(16-9-11-17(21)12-10-16)23-15(4)8-7-13-22-23;1-3-5-6-4-2/h7-14H,4-6H2,1-3H3;3-6H2,1-2H3/b19-18+;. The van der Waals surface area contributed by atoms with E-state index < -0.39 is 0 Å². The summed E-state index contributed by atoms with van der Waals surface area (Å²) >= 11 is 6.02. The highest BCUT2D eigenvalue weighted by Crippen LogP contribution is 2.32. The Bertz CT molecular complexity index is 771. The molecule has 0 N–H and O–H groups in total. The SMILES string of the molecule is C=C1C=CC=NN1/C(=C(\CC)C(=O)C(C)CC)c1ccc(Cl)cc1.CCCCCC. The topological polar surface area (TPSA) is 32.7 Å². The largest absolute Gasteiger partial charge is 0.294 e. The van der Waals surface area contributed by atoms with Crippen LogP contribution >= 0.6 is 11.6 Å². The molecule has 1 atom stereocenters. The van der Waals surface area contributed by atoms with Gasteiger partial charge in [0.05, 0.1) is 11.4 Å². The van der Waals surface area contributed by atoms with Crippen LogP contribution in [0.4, 0.5) is 0 Å². The van der Waals surface area contributed by atoms with Crippen LogP contribution in [0, 0.1) is 5.92 Å². The van der Waals surface area contributed by atoms with Gasteiger partial charge in [-0.25, -0.2) is 5.01 Å². The van der Waals surface area contributed by atoms with Gasteiger partial charge in [-0.05, 0) is 37.1 Å². The van der Waals surface area contributed by atoms with Gasteiger partial charge in [0.2, 0.25) is 0 Å². The number of hydrogen-bond acceptors (Lipinski definition) is 3. The van der Waals surface area contributed by atoms with Gasteiger partial charge in [-0.1, -0.05) is 90.6 Å². The lowest BCUT2D eigenvalue weighted by Gasteiger charge is -2.27. The summed E-state index contributed by atoms with van der Waals surface area (Å²) in [6.45, 7) is 14.5. The third-order valence-corrected chi connectivity index (χ3v) is 5.36. The van der Waals surface area contributed by atoms with E-state index in [-0.39, 0.29) is 11.7 Å². The van der Waals surface area contributed by atoms with Crippen molar-refractivity contribution in [3.05, 3.63) is 64.9 Å². The minimum absolute atomic E-state index is 0.0279. The molecule has 1 heterocycles. The lowest BCUT2D eigenvalue weighted by molar-refractivity contribution is -0.118. The number of halogens is 1. The Labute approximate surface area is 188 Å². The van der Waals surface area contributed by atoms with E-state index in [9.17, 15) is 4.79 Å². The van der Waals surface area contributed by atoms with Crippen LogP contribution in [0.15, 0.2) is 59.4 Å². The molecule has 0 fully saturated rings. The van der Waals surface area contributed by atoms with Gasteiger partial charge < -0.3 is 0 Å². The second kappa shape index (κ2) is 14.0. The maximum atomic E-state index is 12.9. The monoisotopic (exact) mass is 428 g/mol. The highest BCUT2D eigenvalue weighted by atomic mass is 35.5. The van der Waals surface area contributed by atoms with Crippen LogP contribution in [0.1, 0.15) is 78.7 Å². The average Bonchev–Trinajstić information content (AvgIpc) is 2.77. The van der Waals surface area contributed by atoms with Crippen molar-refractivity contribution >= 4 is 29.3 Å². The molecule has 4 heteroatoms. The van der Waals surface area contributed by atoms with Gasteiger partial charge in [-0.2, -0.15) is 5.10 Å². The fourth-order valence-corrected chi connectivity index (χ4v) is 3.20. The molecule has 0 saturated carbocycles. The van der Waals surface area contributed by atoms with Crippen molar-refractivity contribution in [2.45, 2.75) is 73.1 Å². The predicted octanol–water partition coefficient (Wildman–Crippen LogP) is 8.03. The van der Waals surface area contributed by atoms with Crippen molar-refractivity contribution in [2.24, 2.45) is 11.0 Å². The molecule has 2 rings (SSSR count). The summed E-state index contributed by atoms with van der Waals surface area (Å²) in [4.78, 5) is 12.9. The first-order valence-corrected chi connectivity index (χ1v) is 11.5. The van der Waals surface area contributed by atoms with Crippen LogP contribution < -0.4 is 0 Å². The number of hydrogen-bond donors (Lipinski definition) is 0. The molecular formula is C26H37ClN2O. The molecule has 1 aliphatic rings. The summed E-state index contributed by atoms with van der Waals surface area (Å²) in [5.74, 6) is 0.127. The number of carbonyl (C=O) groups is 1. The van der Waals surface area contributed by atoms with E-state index in [1.807, 2.05) is 57.2 Å². The van der Waals surface area contributed by atoms with E-state index in [2.05, 4.69) is 25.5 Å². The average molecular weight is 429 g/mol. The Hall–Kier alpha value is -2.13. The third kappa shape index (κ3) is 7.60. The summed E-state index contributed by atoms with van der Waals surface area (Å²) in [5, 5.41) is 6.82. The van der Waals surface area contributed by atoms with Gasteiger partial charge in [-0.3, -0.25) is 4.79 Å². The molecular weight excluding hydrogens is 392 g/mol. The first-order valence-electron chi connectivity index (χ1n) is 11.1. The second-order valence-electron chi connectivity index (χ2n) is 7.50. The van der Waals surface area contributed by atoms with E-state index >= 15 is 0 Å². The van der Waals surface area contributed by atoms with Crippen molar-refractivity contribution in [3.63, 3.8) is 0 Å². The number of allylic oxidation sites excluding steroid dienone is 3. The summed E-state index contributed by atoms with van der Waals surface area (Å²) in [6.07, 6.45) is 12.4. The maximum absolute atomic E-state index is 12.9. The highest BCUT2D eigenvalue weighted by molar-refractivity contribution is 6.30. The number of ketones is 1. The van der Waals surface area contributed by atoms with Gasteiger partial charge in [0, 0.05) is 28.3 Å². The van der Waals surface area contributed by atoms with Gasteiger partial charge in [0.25, 0.3) is 0 Å². The van der Waals surface area contributed by atoms with Crippen LogP contribution in [0.2, 0.25) is 5.02 Å². The number of unbranched alkanes of at least 4 members (excludes halogenated alkanes) is 3. The molecule has 1 unspecified atom stereocenters. The molecule has 1 aromatic carbocycles. The van der Waals surface area contributed by atoms with E-state index in [1.54, 1.807) is 11.2 Å². The zero-order valence-electron chi connectivity index (χ0n) is 19.2. The minimum atomic E-state index is -0.0279. The minimum Gasteiger partial charge on any atom is -0.294 e. The molecule has 1 aromatic rings. The molecule has 164 valence electrons. The number of nitrogens with zero attached hydrogens (tertiary/aromatic N) is 2. The third-order valence-electron chi connectivity index (χ3n) is 5.11. The van der Waals surface area contributed by atoms with Gasteiger partial charge in [0.15, 0.2) is 5.78 Å². The summed E-state index contributed by atoms with van der Waals surface area (Å²) < 4.78 is 0. The Balaban J connectivity index is 0.000000656. The molecule has 0 amide bonds. The number of benzene rings is 1.